The molecule has 0 saturated carbocycles. The number of nitrogen functional groups attached to an aromatic ring is 1. The number of piperazine rings is 1. The van der Waals surface area contributed by atoms with Gasteiger partial charge in [0.25, 0.3) is 0 Å². The zero-order valence-electron chi connectivity index (χ0n) is 12.2. The minimum absolute atomic E-state index is 0.784. The number of anilines is 2. The molecule has 1 aliphatic rings. The van der Waals surface area contributed by atoms with Gasteiger partial charge in [-0.05, 0) is 18.2 Å². The molecule has 1 aromatic carbocycles. The highest BCUT2D eigenvalue weighted by Crippen LogP contribution is 2.24. The predicted molar refractivity (Wildman–Crippen MR) is 87.0 cm³/mol. The van der Waals surface area contributed by atoms with Crippen LogP contribution in [0.2, 0.25) is 0 Å². The zero-order valence-corrected chi connectivity index (χ0v) is 13.0. The Balaban J connectivity index is 1.62. The fourth-order valence-electron chi connectivity index (χ4n) is 2.63. The van der Waals surface area contributed by atoms with E-state index in [1.54, 1.807) is 18.4 Å². The van der Waals surface area contributed by atoms with E-state index in [2.05, 4.69) is 14.8 Å². The van der Waals surface area contributed by atoms with E-state index < -0.39 is 0 Å². The molecule has 21 heavy (non-hydrogen) atoms. The number of nitrogens with zero attached hydrogens (tertiary/aromatic N) is 3. The Morgan fingerprint density at radius 2 is 2.10 bits per heavy atom. The summed E-state index contributed by atoms with van der Waals surface area (Å²) in [6, 6.07) is 5.82. The lowest BCUT2D eigenvalue weighted by molar-refractivity contribution is 0.246. The van der Waals surface area contributed by atoms with Crippen molar-refractivity contribution in [3.8, 4) is 5.75 Å². The molecule has 2 heterocycles. The first kappa shape index (κ1) is 14.2. The molecule has 0 spiro atoms. The summed E-state index contributed by atoms with van der Waals surface area (Å²) in [5.41, 5.74) is 7.82. The molecule has 0 unspecified atom stereocenters. The largest absolute Gasteiger partial charge is 0.496 e. The third-order valence-electron chi connectivity index (χ3n) is 3.76. The highest BCUT2D eigenvalue weighted by molar-refractivity contribution is 7.13. The van der Waals surface area contributed by atoms with Gasteiger partial charge in [-0.1, -0.05) is 0 Å². The standard InChI is InChI=1S/C15H20N4OS/c1-20-14-3-2-13(16)10-12(14)11-18-5-7-19(8-6-18)15-17-4-9-21-15/h2-4,9-10H,5-8,11,16H2,1H3. The molecule has 1 aromatic heterocycles. The number of thiazole rings is 1. The van der Waals surface area contributed by atoms with Gasteiger partial charge in [-0.2, -0.15) is 0 Å². The van der Waals surface area contributed by atoms with Crippen molar-refractivity contribution in [1.29, 1.82) is 0 Å². The maximum Gasteiger partial charge on any atom is 0.185 e. The quantitative estimate of drug-likeness (QED) is 0.876. The van der Waals surface area contributed by atoms with E-state index in [-0.39, 0.29) is 0 Å². The lowest BCUT2D eigenvalue weighted by atomic mass is 10.1. The smallest absolute Gasteiger partial charge is 0.185 e. The monoisotopic (exact) mass is 304 g/mol. The number of aromatic nitrogens is 1. The van der Waals surface area contributed by atoms with Crippen LogP contribution in [0.4, 0.5) is 10.8 Å². The number of hydrogen-bond donors (Lipinski definition) is 1. The number of benzene rings is 1. The van der Waals surface area contributed by atoms with Gasteiger partial charge >= 0.3 is 0 Å². The third kappa shape index (κ3) is 3.28. The van der Waals surface area contributed by atoms with Crippen molar-refractivity contribution >= 4 is 22.2 Å². The third-order valence-corrected chi connectivity index (χ3v) is 4.59. The zero-order chi connectivity index (χ0) is 14.7. The molecule has 112 valence electrons. The maximum absolute atomic E-state index is 5.88. The Labute approximate surface area is 129 Å². The molecule has 5 nitrogen and oxygen atoms in total. The van der Waals surface area contributed by atoms with Crippen LogP contribution in [0.5, 0.6) is 5.75 Å². The van der Waals surface area contributed by atoms with Gasteiger partial charge in [0.2, 0.25) is 0 Å². The minimum atomic E-state index is 0.784. The van der Waals surface area contributed by atoms with Gasteiger partial charge in [-0.15, -0.1) is 11.3 Å². The van der Waals surface area contributed by atoms with Crippen LogP contribution in [0, 0.1) is 0 Å². The first-order valence-corrected chi connectivity index (χ1v) is 7.93. The summed E-state index contributed by atoms with van der Waals surface area (Å²) < 4.78 is 5.42. The molecule has 0 aliphatic carbocycles. The first-order chi connectivity index (χ1) is 10.3. The Kier molecular flexibility index (Phi) is 4.26. The van der Waals surface area contributed by atoms with Crippen molar-refractivity contribution in [1.82, 2.24) is 9.88 Å². The van der Waals surface area contributed by atoms with E-state index in [0.29, 0.717) is 0 Å². The molecule has 2 aromatic rings. The van der Waals surface area contributed by atoms with Crippen LogP contribution in [0.15, 0.2) is 29.8 Å². The number of ether oxygens (including phenoxy) is 1. The Morgan fingerprint density at radius 1 is 1.29 bits per heavy atom. The Hall–Kier alpha value is -1.79. The summed E-state index contributed by atoms with van der Waals surface area (Å²) in [5, 5.41) is 3.15. The number of rotatable bonds is 4. The minimum Gasteiger partial charge on any atom is -0.496 e. The predicted octanol–water partition coefficient (Wildman–Crippen LogP) is 2.06. The fourth-order valence-corrected chi connectivity index (χ4v) is 3.33. The molecule has 1 saturated heterocycles. The van der Waals surface area contributed by atoms with Gasteiger partial charge in [0.1, 0.15) is 5.75 Å². The number of hydrogen-bond acceptors (Lipinski definition) is 6. The molecule has 3 rings (SSSR count). The summed E-state index contributed by atoms with van der Waals surface area (Å²) in [6.07, 6.45) is 1.87. The average molecular weight is 304 g/mol. The molecule has 2 N–H and O–H groups in total. The van der Waals surface area contributed by atoms with E-state index in [4.69, 9.17) is 10.5 Å². The van der Waals surface area contributed by atoms with Crippen molar-refractivity contribution in [2.24, 2.45) is 0 Å². The van der Waals surface area contributed by atoms with Gasteiger partial charge in [0.15, 0.2) is 5.13 Å². The second-order valence-electron chi connectivity index (χ2n) is 5.15. The van der Waals surface area contributed by atoms with Gasteiger partial charge in [0.05, 0.1) is 7.11 Å². The molecule has 1 fully saturated rings. The molecule has 1 aliphatic heterocycles. The van der Waals surface area contributed by atoms with Crippen molar-refractivity contribution in [2.75, 3.05) is 43.9 Å². The highest BCUT2D eigenvalue weighted by atomic mass is 32.1. The van der Waals surface area contributed by atoms with E-state index in [9.17, 15) is 0 Å². The van der Waals surface area contributed by atoms with Crippen LogP contribution < -0.4 is 15.4 Å². The molecule has 0 bridgehead atoms. The summed E-state index contributed by atoms with van der Waals surface area (Å²) in [4.78, 5) is 9.15. The fraction of sp³-hybridized carbons (Fsp3) is 0.400. The SMILES string of the molecule is COc1ccc(N)cc1CN1CCN(c2nccs2)CC1. The van der Waals surface area contributed by atoms with E-state index >= 15 is 0 Å². The summed E-state index contributed by atoms with van der Waals surface area (Å²) in [5.74, 6) is 0.909. The van der Waals surface area contributed by atoms with E-state index in [0.717, 1.165) is 54.9 Å². The number of nitrogens with two attached hydrogens (primary N) is 1. The highest BCUT2D eigenvalue weighted by Gasteiger charge is 2.19. The molecule has 0 radical (unpaired) electrons. The molecule has 0 amide bonds. The average Bonchev–Trinajstić information content (AvgIpc) is 3.03. The van der Waals surface area contributed by atoms with Crippen LogP contribution in [0.1, 0.15) is 5.56 Å². The first-order valence-electron chi connectivity index (χ1n) is 7.05. The summed E-state index contributed by atoms with van der Waals surface area (Å²) in [7, 11) is 1.70. The topological polar surface area (TPSA) is 54.6 Å². The lowest BCUT2D eigenvalue weighted by Crippen LogP contribution is -2.45. The van der Waals surface area contributed by atoms with Gasteiger partial charge in [-0.25, -0.2) is 4.98 Å². The van der Waals surface area contributed by atoms with Crippen molar-refractivity contribution < 1.29 is 4.74 Å². The molecular weight excluding hydrogens is 284 g/mol. The van der Waals surface area contributed by atoms with Crippen molar-refractivity contribution in [3.05, 3.63) is 35.3 Å². The van der Waals surface area contributed by atoms with Crippen LogP contribution in [-0.4, -0.2) is 43.2 Å². The number of methoxy groups -OCH3 is 1. The van der Waals surface area contributed by atoms with Crippen molar-refractivity contribution in [3.63, 3.8) is 0 Å². The van der Waals surface area contributed by atoms with Gasteiger partial charge < -0.3 is 15.4 Å². The molecule has 0 atom stereocenters. The van der Waals surface area contributed by atoms with Gasteiger partial charge in [0, 0.05) is 55.6 Å². The maximum atomic E-state index is 5.88. The summed E-state index contributed by atoms with van der Waals surface area (Å²) in [6.45, 7) is 4.95. The second-order valence-corrected chi connectivity index (χ2v) is 6.02. The van der Waals surface area contributed by atoms with E-state index in [1.807, 2.05) is 29.8 Å². The lowest BCUT2D eigenvalue weighted by Gasteiger charge is -2.34. The summed E-state index contributed by atoms with van der Waals surface area (Å²) >= 11 is 1.70. The second kappa shape index (κ2) is 6.32. The van der Waals surface area contributed by atoms with Crippen LogP contribution in [-0.2, 0) is 6.54 Å². The Morgan fingerprint density at radius 3 is 2.76 bits per heavy atom. The van der Waals surface area contributed by atoms with Crippen LogP contribution in [0.3, 0.4) is 0 Å². The molecular formula is C15H20N4OS. The normalized spacial score (nSPS) is 16.1. The van der Waals surface area contributed by atoms with E-state index in [1.165, 1.54) is 0 Å². The van der Waals surface area contributed by atoms with Crippen LogP contribution >= 0.6 is 11.3 Å². The van der Waals surface area contributed by atoms with Gasteiger partial charge in [-0.3, -0.25) is 4.90 Å². The van der Waals surface area contributed by atoms with Crippen LogP contribution in [0.25, 0.3) is 0 Å². The Bertz CT molecular complexity index is 579. The van der Waals surface area contributed by atoms with Crippen molar-refractivity contribution in [2.45, 2.75) is 6.54 Å². The molecule has 6 heteroatoms.